The number of hydrogen-bond acceptors (Lipinski definition) is 4. The minimum atomic E-state index is 0.572. The van der Waals surface area contributed by atoms with E-state index in [2.05, 4.69) is 32.1 Å². The van der Waals surface area contributed by atoms with Gasteiger partial charge in [-0.25, -0.2) is 9.50 Å². The van der Waals surface area contributed by atoms with Crippen LogP contribution in [-0.2, 0) is 19.5 Å². The van der Waals surface area contributed by atoms with Gasteiger partial charge in [0.1, 0.15) is 0 Å². The first-order valence-corrected chi connectivity index (χ1v) is 7.41. The molecular weight excluding hydrogens is 282 g/mol. The number of aromatic nitrogens is 4. The SMILES string of the molecule is S=c1ncc2c([nH]1)CCN(Cc1cc3ccccn3n1)C2. The van der Waals surface area contributed by atoms with Gasteiger partial charge in [-0.2, -0.15) is 5.10 Å². The lowest BCUT2D eigenvalue weighted by Crippen LogP contribution is -2.31. The van der Waals surface area contributed by atoms with E-state index in [4.69, 9.17) is 12.2 Å². The van der Waals surface area contributed by atoms with Crippen molar-refractivity contribution in [2.75, 3.05) is 6.54 Å². The van der Waals surface area contributed by atoms with Gasteiger partial charge >= 0.3 is 0 Å². The van der Waals surface area contributed by atoms with Crippen LogP contribution in [0.25, 0.3) is 5.52 Å². The third-order valence-electron chi connectivity index (χ3n) is 3.86. The molecule has 0 saturated heterocycles. The summed E-state index contributed by atoms with van der Waals surface area (Å²) in [6, 6.07) is 8.25. The Morgan fingerprint density at radius 2 is 2.29 bits per heavy atom. The van der Waals surface area contributed by atoms with Crippen molar-refractivity contribution in [2.45, 2.75) is 19.5 Å². The fourth-order valence-electron chi connectivity index (χ4n) is 2.84. The van der Waals surface area contributed by atoms with E-state index in [0.29, 0.717) is 4.77 Å². The molecule has 4 rings (SSSR count). The Bertz CT molecular complexity index is 817. The van der Waals surface area contributed by atoms with Gasteiger partial charge in [0, 0.05) is 49.7 Å². The highest BCUT2D eigenvalue weighted by atomic mass is 32.1. The fraction of sp³-hybridized carbons (Fsp3) is 0.267. The summed E-state index contributed by atoms with van der Waals surface area (Å²) >= 11 is 5.08. The highest BCUT2D eigenvalue weighted by molar-refractivity contribution is 7.71. The number of fused-ring (bicyclic) bond motifs is 2. The molecule has 0 atom stereocenters. The zero-order valence-electron chi connectivity index (χ0n) is 11.5. The van der Waals surface area contributed by atoms with Crippen LogP contribution in [0.3, 0.4) is 0 Å². The van der Waals surface area contributed by atoms with Crippen molar-refractivity contribution in [3.8, 4) is 0 Å². The molecule has 0 spiro atoms. The molecule has 0 saturated carbocycles. The van der Waals surface area contributed by atoms with Crippen molar-refractivity contribution in [1.82, 2.24) is 24.5 Å². The van der Waals surface area contributed by atoms with Crippen molar-refractivity contribution >= 4 is 17.7 Å². The predicted molar refractivity (Wildman–Crippen MR) is 82.4 cm³/mol. The minimum Gasteiger partial charge on any atom is -0.334 e. The predicted octanol–water partition coefficient (Wildman–Crippen LogP) is 2.35. The van der Waals surface area contributed by atoms with Crippen LogP contribution in [0.1, 0.15) is 17.0 Å². The van der Waals surface area contributed by atoms with Gasteiger partial charge in [-0.3, -0.25) is 4.90 Å². The summed E-state index contributed by atoms with van der Waals surface area (Å²) in [5.41, 5.74) is 4.69. The number of nitrogens with one attached hydrogen (secondary N) is 1. The number of hydrogen-bond donors (Lipinski definition) is 1. The first-order valence-electron chi connectivity index (χ1n) is 7.01. The van der Waals surface area contributed by atoms with Crippen LogP contribution in [0.4, 0.5) is 0 Å². The van der Waals surface area contributed by atoms with Gasteiger partial charge < -0.3 is 4.98 Å². The largest absolute Gasteiger partial charge is 0.334 e. The summed E-state index contributed by atoms with van der Waals surface area (Å²) in [6.45, 7) is 2.76. The Morgan fingerprint density at radius 3 is 3.19 bits per heavy atom. The smallest absolute Gasteiger partial charge is 0.196 e. The Morgan fingerprint density at radius 1 is 1.33 bits per heavy atom. The van der Waals surface area contributed by atoms with E-state index in [1.807, 2.05) is 29.0 Å². The van der Waals surface area contributed by atoms with E-state index in [0.717, 1.165) is 37.3 Å². The summed E-state index contributed by atoms with van der Waals surface area (Å²) in [4.78, 5) is 9.76. The minimum absolute atomic E-state index is 0.572. The van der Waals surface area contributed by atoms with Crippen LogP contribution < -0.4 is 0 Å². The summed E-state index contributed by atoms with van der Waals surface area (Å²) in [5, 5.41) is 4.61. The first kappa shape index (κ1) is 12.7. The molecule has 3 aromatic heterocycles. The van der Waals surface area contributed by atoms with Crippen LogP contribution in [0.15, 0.2) is 36.7 Å². The lowest BCUT2D eigenvalue weighted by Gasteiger charge is -2.27. The molecule has 5 nitrogen and oxygen atoms in total. The molecular formula is C15H15N5S. The number of rotatable bonds is 2. The second kappa shape index (κ2) is 5.05. The Balaban J connectivity index is 1.55. The number of pyridine rings is 1. The average Bonchev–Trinajstić information content (AvgIpc) is 2.89. The highest BCUT2D eigenvalue weighted by Crippen LogP contribution is 2.18. The lowest BCUT2D eigenvalue weighted by molar-refractivity contribution is 0.239. The summed E-state index contributed by atoms with van der Waals surface area (Å²) in [7, 11) is 0. The van der Waals surface area contributed by atoms with E-state index in [-0.39, 0.29) is 0 Å². The van der Waals surface area contributed by atoms with Crippen molar-refractivity contribution in [3.63, 3.8) is 0 Å². The van der Waals surface area contributed by atoms with Crippen LogP contribution in [0.5, 0.6) is 0 Å². The molecule has 21 heavy (non-hydrogen) atoms. The van der Waals surface area contributed by atoms with Gasteiger partial charge in [0.05, 0.1) is 11.2 Å². The number of H-pyrrole nitrogens is 1. The van der Waals surface area contributed by atoms with E-state index < -0.39 is 0 Å². The van der Waals surface area contributed by atoms with Crippen molar-refractivity contribution < 1.29 is 0 Å². The molecule has 0 unspecified atom stereocenters. The number of nitrogens with zero attached hydrogens (tertiary/aromatic N) is 4. The van der Waals surface area contributed by atoms with Gasteiger partial charge in [0.25, 0.3) is 0 Å². The summed E-state index contributed by atoms with van der Waals surface area (Å²) in [6.07, 6.45) is 4.85. The molecule has 1 aliphatic rings. The van der Waals surface area contributed by atoms with Crippen LogP contribution in [0.2, 0.25) is 0 Å². The highest BCUT2D eigenvalue weighted by Gasteiger charge is 2.18. The molecule has 0 fully saturated rings. The summed E-state index contributed by atoms with van der Waals surface area (Å²) in [5.74, 6) is 0. The van der Waals surface area contributed by atoms with Gasteiger partial charge in [0.2, 0.25) is 0 Å². The molecule has 1 N–H and O–H groups in total. The Labute approximate surface area is 127 Å². The first-order chi connectivity index (χ1) is 10.3. The topological polar surface area (TPSA) is 49.2 Å². The normalized spacial score (nSPS) is 15.2. The standard InChI is InChI=1S/C15H15N5S/c21-15-16-8-11-9-19(6-4-14(11)17-15)10-12-7-13-3-1-2-5-20(13)18-12/h1-3,5,7-8H,4,6,9-10H2,(H,16,17,21). The van der Waals surface area contributed by atoms with Crippen molar-refractivity contribution in [3.05, 3.63) is 58.4 Å². The second-order valence-corrected chi connectivity index (χ2v) is 5.75. The van der Waals surface area contributed by atoms with Crippen molar-refractivity contribution in [1.29, 1.82) is 0 Å². The van der Waals surface area contributed by atoms with Gasteiger partial charge in [-0.05, 0) is 30.4 Å². The lowest BCUT2D eigenvalue weighted by atomic mass is 10.1. The maximum atomic E-state index is 5.08. The summed E-state index contributed by atoms with van der Waals surface area (Å²) < 4.78 is 2.49. The molecule has 1 aliphatic heterocycles. The van der Waals surface area contributed by atoms with Crippen molar-refractivity contribution in [2.24, 2.45) is 0 Å². The van der Waals surface area contributed by atoms with Gasteiger partial charge in [-0.15, -0.1) is 0 Å². The second-order valence-electron chi connectivity index (χ2n) is 5.36. The molecule has 0 bridgehead atoms. The van der Waals surface area contributed by atoms with Crippen LogP contribution in [-0.4, -0.2) is 31.0 Å². The van der Waals surface area contributed by atoms with E-state index in [9.17, 15) is 0 Å². The quantitative estimate of drug-likeness (QED) is 0.738. The maximum Gasteiger partial charge on any atom is 0.196 e. The number of aromatic amines is 1. The van der Waals surface area contributed by atoms with E-state index in [1.54, 1.807) is 0 Å². The van der Waals surface area contributed by atoms with Crippen LogP contribution >= 0.6 is 12.2 Å². The molecule has 6 heteroatoms. The Kier molecular flexibility index (Phi) is 3.05. The zero-order valence-corrected chi connectivity index (χ0v) is 12.3. The maximum absolute atomic E-state index is 5.08. The van der Waals surface area contributed by atoms with Gasteiger partial charge in [0.15, 0.2) is 4.77 Å². The Hall–Kier alpha value is -2.05. The third-order valence-corrected chi connectivity index (χ3v) is 4.07. The monoisotopic (exact) mass is 297 g/mol. The molecule has 0 radical (unpaired) electrons. The van der Waals surface area contributed by atoms with Gasteiger partial charge in [-0.1, -0.05) is 6.07 Å². The third kappa shape index (κ3) is 2.48. The molecule has 3 aromatic rings. The molecule has 4 heterocycles. The molecule has 0 aliphatic carbocycles. The molecule has 0 aromatic carbocycles. The molecule has 106 valence electrons. The molecule has 0 amide bonds. The fourth-order valence-corrected chi connectivity index (χ4v) is 3.01. The van der Waals surface area contributed by atoms with E-state index in [1.165, 1.54) is 11.3 Å². The van der Waals surface area contributed by atoms with Crippen LogP contribution in [0, 0.1) is 4.77 Å². The zero-order chi connectivity index (χ0) is 14.2. The average molecular weight is 297 g/mol. The van der Waals surface area contributed by atoms with E-state index >= 15 is 0 Å².